The Morgan fingerprint density at radius 1 is 1.18 bits per heavy atom. The van der Waals surface area contributed by atoms with Gasteiger partial charge in [-0.25, -0.2) is 0 Å². The predicted molar refractivity (Wildman–Crippen MR) is 109 cm³/mol. The highest BCUT2D eigenvalue weighted by atomic mass is 16.2. The summed E-state index contributed by atoms with van der Waals surface area (Å²) in [4.78, 5) is 24.8. The number of hydrogen-bond acceptors (Lipinski definition) is 4. The van der Waals surface area contributed by atoms with E-state index in [-0.39, 0.29) is 24.3 Å². The summed E-state index contributed by atoms with van der Waals surface area (Å²) >= 11 is 0. The molecule has 28 heavy (non-hydrogen) atoms. The number of rotatable bonds is 7. The highest BCUT2D eigenvalue weighted by molar-refractivity contribution is 6.05. The number of hydrogen-bond donors (Lipinski definition) is 3. The molecule has 0 aliphatic heterocycles. The minimum absolute atomic E-state index is 0.0363. The number of para-hydroxylation sites is 1. The van der Waals surface area contributed by atoms with Gasteiger partial charge >= 0.3 is 0 Å². The Hall–Kier alpha value is -3.33. The summed E-state index contributed by atoms with van der Waals surface area (Å²) in [5, 5.41) is 18.1. The van der Waals surface area contributed by atoms with E-state index in [1.807, 2.05) is 43.3 Å². The quantitative estimate of drug-likeness (QED) is 0.690. The Kier molecular flexibility index (Phi) is 5.65. The van der Waals surface area contributed by atoms with Crippen molar-refractivity contribution in [2.24, 2.45) is 5.92 Å². The van der Waals surface area contributed by atoms with Gasteiger partial charge in [0.25, 0.3) is 5.91 Å². The minimum atomic E-state index is -0.814. The number of nitrogens with one attached hydrogen (secondary N) is 3. The van der Waals surface area contributed by atoms with E-state index in [4.69, 9.17) is 0 Å². The largest absolute Gasteiger partial charge is 0.376 e. The van der Waals surface area contributed by atoms with Crippen LogP contribution in [-0.4, -0.2) is 23.9 Å². The van der Waals surface area contributed by atoms with Gasteiger partial charge in [0.05, 0.1) is 12.6 Å². The standard InChI is InChI=1S/C22H24N4O2/c1-15-8-9-16(21(28)25-18-6-4-3-5-7-18)12-19(15)24-13-20(27)26-22(2,14-23)17-10-11-17/h3-9,12,17,24H,10-11,13H2,1-2H3,(H,25,28)(H,26,27). The van der Waals surface area contributed by atoms with Gasteiger partial charge < -0.3 is 16.0 Å². The molecule has 3 rings (SSSR count). The van der Waals surface area contributed by atoms with E-state index >= 15 is 0 Å². The Balaban J connectivity index is 1.62. The monoisotopic (exact) mass is 376 g/mol. The van der Waals surface area contributed by atoms with Crippen LogP contribution in [0.5, 0.6) is 0 Å². The number of benzene rings is 2. The van der Waals surface area contributed by atoms with Crippen LogP contribution >= 0.6 is 0 Å². The molecule has 2 aromatic rings. The molecule has 1 unspecified atom stereocenters. The third-order valence-electron chi connectivity index (χ3n) is 5.00. The molecule has 0 saturated heterocycles. The molecule has 1 saturated carbocycles. The van der Waals surface area contributed by atoms with Crippen LogP contribution in [0.15, 0.2) is 48.5 Å². The van der Waals surface area contributed by atoms with Crippen molar-refractivity contribution in [1.29, 1.82) is 5.26 Å². The van der Waals surface area contributed by atoms with E-state index in [1.165, 1.54) is 0 Å². The molecule has 1 aliphatic rings. The van der Waals surface area contributed by atoms with E-state index in [0.29, 0.717) is 11.3 Å². The van der Waals surface area contributed by atoms with Crippen LogP contribution in [0.25, 0.3) is 0 Å². The fraction of sp³-hybridized carbons (Fsp3) is 0.318. The number of aryl methyl sites for hydroxylation is 1. The highest BCUT2D eigenvalue weighted by Gasteiger charge is 2.42. The van der Waals surface area contributed by atoms with Crippen LogP contribution in [-0.2, 0) is 4.79 Å². The van der Waals surface area contributed by atoms with Crippen molar-refractivity contribution in [2.75, 3.05) is 17.2 Å². The van der Waals surface area contributed by atoms with Gasteiger partial charge in [0.1, 0.15) is 5.54 Å². The molecular weight excluding hydrogens is 352 g/mol. The molecule has 0 bridgehead atoms. The van der Waals surface area contributed by atoms with Gasteiger partial charge in [-0.05, 0) is 62.4 Å². The van der Waals surface area contributed by atoms with Gasteiger partial charge in [-0.2, -0.15) is 5.26 Å². The third kappa shape index (κ3) is 4.68. The molecule has 0 spiro atoms. The van der Waals surface area contributed by atoms with Crippen molar-refractivity contribution in [1.82, 2.24) is 5.32 Å². The number of nitriles is 1. The maximum Gasteiger partial charge on any atom is 0.255 e. The second kappa shape index (κ2) is 8.13. The van der Waals surface area contributed by atoms with Crippen molar-refractivity contribution < 1.29 is 9.59 Å². The lowest BCUT2D eigenvalue weighted by Crippen LogP contribution is -2.48. The summed E-state index contributed by atoms with van der Waals surface area (Å²) in [6, 6.07) is 16.8. The van der Waals surface area contributed by atoms with E-state index in [9.17, 15) is 14.9 Å². The number of carbonyl (C=O) groups is 2. The first-order valence-corrected chi connectivity index (χ1v) is 9.34. The van der Waals surface area contributed by atoms with Crippen LogP contribution < -0.4 is 16.0 Å². The molecule has 1 aliphatic carbocycles. The van der Waals surface area contributed by atoms with Crippen molar-refractivity contribution in [2.45, 2.75) is 32.2 Å². The lowest BCUT2D eigenvalue weighted by atomic mass is 9.98. The van der Waals surface area contributed by atoms with Crippen molar-refractivity contribution in [3.8, 4) is 6.07 Å². The number of carbonyl (C=O) groups excluding carboxylic acids is 2. The molecule has 144 valence electrons. The van der Waals surface area contributed by atoms with Crippen LogP contribution in [0.1, 0.15) is 35.7 Å². The smallest absolute Gasteiger partial charge is 0.255 e. The molecule has 2 aromatic carbocycles. The molecule has 6 nitrogen and oxygen atoms in total. The van der Waals surface area contributed by atoms with Crippen molar-refractivity contribution in [3.05, 3.63) is 59.7 Å². The molecule has 3 N–H and O–H groups in total. The number of amides is 2. The Morgan fingerprint density at radius 2 is 1.89 bits per heavy atom. The Labute approximate surface area is 164 Å². The lowest BCUT2D eigenvalue weighted by Gasteiger charge is -2.23. The first-order valence-electron chi connectivity index (χ1n) is 9.34. The normalized spacial score (nSPS) is 15.0. The van der Waals surface area contributed by atoms with E-state index in [1.54, 1.807) is 19.1 Å². The van der Waals surface area contributed by atoms with Gasteiger partial charge in [0.2, 0.25) is 5.91 Å². The second-order valence-corrected chi connectivity index (χ2v) is 7.34. The summed E-state index contributed by atoms with van der Waals surface area (Å²) < 4.78 is 0. The van der Waals surface area contributed by atoms with E-state index in [2.05, 4.69) is 22.0 Å². The number of anilines is 2. The molecule has 6 heteroatoms. The number of nitrogens with zero attached hydrogens (tertiary/aromatic N) is 1. The van der Waals surface area contributed by atoms with Gasteiger partial charge in [-0.15, -0.1) is 0 Å². The zero-order valence-electron chi connectivity index (χ0n) is 16.1. The molecule has 0 heterocycles. The Morgan fingerprint density at radius 3 is 2.54 bits per heavy atom. The van der Waals surface area contributed by atoms with Crippen LogP contribution in [0.3, 0.4) is 0 Å². The third-order valence-corrected chi connectivity index (χ3v) is 5.00. The summed E-state index contributed by atoms with van der Waals surface area (Å²) in [5.41, 5.74) is 2.04. The van der Waals surface area contributed by atoms with Crippen molar-refractivity contribution >= 4 is 23.2 Å². The average Bonchev–Trinajstić information content (AvgIpc) is 3.54. The van der Waals surface area contributed by atoms with Crippen LogP contribution in [0.2, 0.25) is 0 Å². The zero-order valence-corrected chi connectivity index (χ0v) is 16.1. The first-order chi connectivity index (χ1) is 13.4. The fourth-order valence-electron chi connectivity index (χ4n) is 3.07. The second-order valence-electron chi connectivity index (χ2n) is 7.34. The average molecular weight is 376 g/mol. The molecule has 0 radical (unpaired) electrons. The maximum absolute atomic E-state index is 12.5. The molecule has 1 atom stereocenters. The topological polar surface area (TPSA) is 94.0 Å². The van der Waals surface area contributed by atoms with Gasteiger partial charge in [0, 0.05) is 16.9 Å². The molecule has 1 fully saturated rings. The summed E-state index contributed by atoms with van der Waals surface area (Å²) in [6.07, 6.45) is 1.94. The van der Waals surface area contributed by atoms with Crippen LogP contribution in [0, 0.1) is 24.2 Å². The highest BCUT2D eigenvalue weighted by Crippen LogP contribution is 2.39. The summed E-state index contributed by atoms with van der Waals surface area (Å²) in [5.74, 6) is -0.229. The summed E-state index contributed by atoms with van der Waals surface area (Å²) in [7, 11) is 0. The van der Waals surface area contributed by atoms with E-state index in [0.717, 1.165) is 24.1 Å². The Bertz CT molecular complexity index is 916. The minimum Gasteiger partial charge on any atom is -0.376 e. The SMILES string of the molecule is Cc1ccc(C(=O)Nc2ccccc2)cc1NCC(=O)NC(C)(C#N)C1CC1. The summed E-state index contributed by atoms with van der Waals surface area (Å²) in [6.45, 7) is 3.71. The zero-order chi connectivity index (χ0) is 20.1. The first kappa shape index (κ1) is 19.4. The molecule has 0 aromatic heterocycles. The lowest BCUT2D eigenvalue weighted by molar-refractivity contribution is -0.120. The van der Waals surface area contributed by atoms with Gasteiger partial charge in [-0.3, -0.25) is 9.59 Å². The fourth-order valence-corrected chi connectivity index (χ4v) is 3.07. The maximum atomic E-state index is 12.5. The van der Waals surface area contributed by atoms with Gasteiger partial charge in [0.15, 0.2) is 0 Å². The van der Waals surface area contributed by atoms with Crippen LogP contribution in [0.4, 0.5) is 11.4 Å². The predicted octanol–water partition coefficient (Wildman–Crippen LogP) is 3.47. The molecule has 2 amide bonds. The van der Waals surface area contributed by atoms with E-state index < -0.39 is 5.54 Å². The molecular formula is C22H24N4O2. The van der Waals surface area contributed by atoms with Crippen molar-refractivity contribution in [3.63, 3.8) is 0 Å². The van der Waals surface area contributed by atoms with Gasteiger partial charge in [-0.1, -0.05) is 24.3 Å².